The molecule has 17 heteroatoms. The molecule has 0 aliphatic heterocycles. The van der Waals surface area contributed by atoms with E-state index in [0.717, 1.165) is 37.0 Å². The van der Waals surface area contributed by atoms with Crippen molar-refractivity contribution >= 4 is 35.5 Å². The number of likely N-dealkylation sites (N-methyl/N-ethyl adjacent to an activating group) is 1. The number of alkyl halides is 3. The maximum Gasteiger partial charge on any atom is 0.390 e. The van der Waals surface area contributed by atoms with Gasteiger partial charge in [-0.15, -0.1) is 0 Å². The summed E-state index contributed by atoms with van der Waals surface area (Å²) < 4.78 is 48.0. The minimum Gasteiger partial charge on any atom is -0.460 e. The molecule has 0 saturated heterocycles. The van der Waals surface area contributed by atoms with Crippen LogP contribution in [0.25, 0.3) is 0 Å². The number of aliphatic hydroxyl groups is 1. The van der Waals surface area contributed by atoms with Crippen LogP contribution in [-0.4, -0.2) is 102 Å². The van der Waals surface area contributed by atoms with E-state index in [1.807, 2.05) is 6.92 Å². The van der Waals surface area contributed by atoms with E-state index in [1.165, 1.54) is 20.9 Å². The number of rotatable bonds is 23. The first-order chi connectivity index (χ1) is 24.7. The first kappa shape index (κ1) is 47.6. The Labute approximate surface area is 311 Å². The lowest BCUT2D eigenvalue weighted by molar-refractivity contribution is -0.177. The number of carbonyl (C=O) groups excluding carboxylic acids is 6. The summed E-state index contributed by atoms with van der Waals surface area (Å²) in [5, 5.41) is 17.2. The number of hydrogen-bond acceptors (Lipinski definition) is 9. The summed E-state index contributed by atoms with van der Waals surface area (Å²) in [6.45, 7) is 7.31. The second-order valence-corrected chi connectivity index (χ2v) is 14.7. The average Bonchev–Trinajstić information content (AvgIpc) is 3.09. The molecule has 0 radical (unpaired) electrons. The summed E-state index contributed by atoms with van der Waals surface area (Å²) in [5.41, 5.74) is 11.0. The van der Waals surface area contributed by atoms with Crippen LogP contribution in [0, 0.1) is 23.7 Å². The zero-order valence-electron chi connectivity index (χ0n) is 32.1. The van der Waals surface area contributed by atoms with Crippen LogP contribution in [0.1, 0.15) is 112 Å². The van der Waals surface area contributed by atoms with E-state index in [9.17, 15) is 47.0 Å². The third-order valence-corrected chi connectivity index (χ3v) is 9.80. The predicted octanol–water partition coefficient (Wildman–Crippen LogP) is 2.44. The van der Waals surface area contributed by atoms with Crippen molar-refractivity contribution in [2.45, 2.75) is 148 Å². The van der Waals surface area contributed by atoms with Gasteiger partial charge in [-0.1, -0.05) is 66.2 Å². The van der Waals surface area contributed by atoms with Gasteiger partial charge < -0.3 is 42.2 Å². The highest BCUT2D eigenvalue weighted by Crippen LogP contribution is 2.32. The van der Waals surface area contributed by atoms with Crippen LogP contribution in [0.3, 0.4) is 0 Å². The van der Waals surface area contributed by atoms with Gasteiger partial charge in [0.25, 0.3) is 0 Å². The topological polar surface area (TPSA) is 223 Å². The molecule has 0 spiro atoms. The first-order valence-electron chi connectivity index (χ1n) is 18.8. The zero-order chi connectivity index (χ0) is 40.5. The lowest BCUT2D eigenvalue weighted by Gasteiger charge is -2.36. The molecule has 0 aromatic carbocycles. The van der Waals surface area contributed by atoms with Gasteiger partial charge >= 0.3 is 12.1 Å². The fraction of sp³-hybridized carbons (Fsp3) is 0.833. The zero-order valence-corrected chi connectivity index (χ0v) is 32.1. The minimum absolute atomic E-state index is 0.0208. The molecule has 5 amide bonds. The highest BCUT2D eigenvalue weighted by atomic mass is 19.4. The molecule has 0 unspecified atom stereocenters. The van der Waals surface area contributed by atoms with Gasteiger partial charge in [-0.2, -0.15) is 13.2 Å². The summed E-state index contributed by atoms with van der Waals surface area (Å²) in [7, 11) is 1.21. The standard InChI is InChI=1S/C36H63F3N6O8/c1-7-8-9-13-16-28(53-29(47)20-42-32(49)22(4)23(5)46)25(18-36(37,38)39)35(52)45(6)27(17-21(2)3)33(50)44-30(24-14-11-10-12-15-24)34(51)43-26(19-40)31(41)48/h21-28,30,46H,7-20,40H2,1-6H3,(H2,41,48)(H,42,49)(H,43,51)(H,44,50)/t22-,23-,25+,26-,27-,28+,30-/m0/s1. The van der Waals surface area contributed by atoms with Crippen LogP contribution < -0.4 is 27.4 Å². The van der Waals surface area contributed by atoms with Gasteiger partial charge in [-0.25, -0.2) is 0 Å². The number of amides is 5. The highest BCUT2D eigenvalue weighted by Gasteiger charge is 2.45. The molecule has 0 bridgehead atoms. The number of unbranched alkanes of at least 4 members (excludes halogenated alkanes) is 3. The number of halogens is 3. The van der Waals surface area contributed by atoms with Crippen LogP contribution in [-0.2, 0) is 33.5 Å². The summed E-state index contributed by atoms with van der Waals surface area (Å²) >= 11 is 0. The van der Waals surface area contributed by atoms with Crippen molar-refractivity contribution in [3.8, 4) is 0 Å². The van der Waals surface area contributed by atoms with Crippen molar-refractivity contribution in [2.75, 3.05) is 20.1 Å². The Morgan fingerprint density at radius 3 is 2.06 bits per heavy atom. The van der Waals surface area contributed by atoms with Gasteiger partial charge in [-0.05, 0) is 50.9 Å². The van der Waals surface area contributed by atoms with Crippen molar-refractivity contribution in [1.29, 1.82) is 0 Å². The molecule has 0 aromatic rings. The molecule has 8 N–H and O–H groups in total. The van der Waals surface area contributed by atoms with Crippen LogP contribution in [0.4, 0.5) is 13.2 Å². The number of nitrogens with zero attached hydrogens (tertiary/aromatic N) is 1. The van der Waals surface area contributed by atoms with E-state index >= 15 is 0 Å². The van der Waals surface area contributed by atoms with Crippen molar-refractivity contribution < 1.29 is 51.8 Å². The molecular weight excluding hydrogens is 701 g/mol. The predicted molar refractivity (Wildman–Crippen MR) is 191 cm³/mol. The van der Waals surface area contributed by atoms with Gasteiger partial charge in [0.1, 0.15) is 30.8 Å². The second kappa shape index (κ2) is 23.3. The van der Waals surface area contributed by atoms with Crippen LogP contribution in [0.2, 0.25) is 0 Å². The monoisotopic (exact) mass is 764 g/mol. The largest absolute Gasteiger partial charge is 0.460 e. The maximum absolute atomic E-state index is 14.2. The van der Waals surface area contributed by atoms with Gasteiger partial charge in [-0.3, -0.25) is 28.8 Å². The van der Waals surface area contributed by atoms with Gasteiger partial charge in [0.15, 0.2) is 0 Å². The first-order valence-corrected chi connectivity index (χ1v) is 18.8. The van der Waals surface area contributed by atoms with E-state index in [-0.39, 0.29) is 31.2 Å². The highest BCUT2D eigenvalue weighted by molar-refractivity contribution is 5.94. The number of hydrogen-bond donors (Lipinski definition) is 6. The Kier molecular flexibility index (Phi) is 20.9. The number of ether oxygens (including phenoxy) is 1. The molecule has 53 heavy (non-hydrogen) atoms. The minimum atomic E-state index is -4.86. The Hall–Kier alpha value is -3.47. The van der Waals surface area contributed by atoms with Crippen molar-refractivity contribution in [2.24, 2.45) is 35.1 Å². The molecule has 306 valence electrons. The average molecular weight is 765 g/mol. The molecule has 1 aliphatic rings. The summed E-state index contributed by atoms with van der Waals surface area (Å²) in [6, 6.07) is -3.66. The number of nitrogens with one attached hydrogen (secondary N) is 3. The Morgan fingerprint density at radius 1 is 0.925 bits per heavy atom. The van der Waals surface area contributed by atoms with Gasteiger partial charge in [0, 0.05) is 13.6 Å². The summed E-state index contributed by atoms with van der Waals surface area (Å²) in [6.07, 6.45) is -2.98. The van der Waals surface area contributed by atoms with E-state index in [4.69, 9.17) is 16.2 Å². The molecule has 1 aliphatic carbocycles. The van der Waals surface area contributed by atoms with Crippen LogP contribution in [0.15, 0.2) is 0 Å². The maximum atomic E-state index is 14.2. The van der Waals surface area contributed by atoms with Crippen LogP contribution in [0.5, 0.6) is 0 Å². The van der Waals surface area contributed by atoms with Gasteiger partial charge in [0.2, 0.25) is 29.5 Å². The van der Waals surface area contributed by atoms with Crippen molar-refractivity contribution in [1.82, 2.24) is 20.9 Å². The lowest BCUT2D eigenvalue weighted by Crippen LogP contribution is -2.60. The molecule has 7 atom stereocenters. The second-order valence-electron chi connectivity index (χ2n) is 14.7. The number of nitrogens with two attached hydrogens (primary N) is 2. The number of aliphatic hydroxyl groups excluding tert-OH is 1. The van der Waals surface area contributed by atoms with Crippen molar-refractivity contribution in [3.05, 3.63) is 0 Å². The lowest BCUT2D eigenvalue weighted by atomic mass is 9.83. The third kappa shape index (κ3) is 17.0. The number of carbonyl (C=O) groups is 6. The van der Waals surface area contributed by atoms with Gasteiger partial charge in [0.05, 0.1) is 24.4 Å². The van der Waals surface area contributed by atoms with Crippen molar-refractivity contribution in [3.63, 3.8) is 0 Å². The molecule has 14 nitrogen and oxygen atoms in total. The Bertz CT molecular complexity index is 1200. The van der Waals surface area contributed by atoms with E-state index < -0.39 is 96.8 Å². The van der Waals surface area contributed by atoms with E-state index in [1.54, 1.807) is 13.8 Å². The Morgan fingerprint density at radius 2 is 1.55 bits per heavy atom. The molecular formula is C36H63F3N6O8. The molecule has 0 heterocycles. The molecule has 1 rings (SSSR count). The number of primary amides is 1. The molecule has 0 aromatic heterocycles. The SMILES string of the molecule is CCCCCC[C@@H](OC(=O)CNC(=O)[C@@H](C)[C@H](C)O)[C@@H](CC(F)(F)F)C(=O)N(C)[C@@H](CC(C)C)C(=O)N[C@H](C(=O)N[C@@H](CN)C(N)=O)C1CCCCC1. The fourth-order valence-corrected chi connectivity index (χ4v) is 6.42. The quantitative estimate of drug-likeness (QED) is 0.0663. The molecule has 1 fully saturated rings. The Balaban J connectivity index is 3.49. The van der Waals surface area contributed by atoms with E-state index in [0.29, 0.717) is 25.7 Å². The number of esters is 1. The summed E-state index contributed by atoms with van der Waals surface area (Å²) in [5.74, 6) is -8.52. The molecule has 1 saturated carbocycles. The smallest absolute Gasteiger partial charge is 0.390 e. The third-order valence-electron chi connectivity index (χ3n) is 9.80. The fourth-order valence-electron chi connectivity index (χ4n) is 6.42. The normalized spacial score (nSPS) is 17.7. The summed E-state index contributed by atoms with van der Waals surface area (Å²) in [4.78, 5) is 79.7. The van der Waals surface area contributed by atoms with Crippen LogP contribution >= 0.6 is 0 Å². The van der Waals surface area contributed by atoms with E-state index in [2.05, 4.69) is 16.0 Å².